The molecule has 3 heteroatoms. The predicted octanol–water partition coefficient (Wildman–Crippen LogP) is 3.80. The summed E-state index contributed by atoms with van der Waals surface area (Å²) in [6.45, 7) is 0. The van der Waals surface area contributed by atoms with Gasteiger partial charge in [-0.25, -0.2) is 0 Å². The summed E-state index contributed by atoms with van der Waals surface area (Å²) in [5.74, 6) is 0. The summed E-state index contributed by atoms with van der Waals surface area (Å²) in [5, 5.41) is 9.15. The summed E-state index contributed by atoms with van der Waals surface area (Å²) >= 11 is 0. The summed E-state index contributed by atoms with van der Waals surface area (Å²) in [6.07, 6.45) is 1.90. The largest absolute Gasteiger partial charge is 0.356 e. The van der Waals surface area contributed by atoms with Gasteiger partial charge in [0.05, 0.1) is 6.07 Å². The smallest absolute Gasteiger partial charge is 0.160 e. The first-order valence-corrected chi connectivity index (χ1v) is 7.09. The Labute approximate surface area is 131 Å². The van der Waals surface area contributed by atoms with Gasteiger partial charge in [-0.05, 0) is 22.3 Å². The maximum atomic E-state index is 9.15. The van der Waals surface area contributed by atoms with Crippen LogP contribution < -0.4 is 0 Å². The van der Waals surface area contributed by atoms with E-state index in [9.17, 15) is 0 Å². The van der Waals surface area contributed by atoms with Gasteiger partial charge in [0.2, 0.25) is 0 Å². The van der Waals surface area contributed by atoms with E-state index in [1.807, 2.05) is 54.6 Å². The first-order valence-electron chi connectivity index (χ1n) is 7.09. The van der Waals surface area contributed by atoms with E-state index in [4.69, 9.17) is 14.7 Å². The highest BCUT2D eigenvalue weighted by molar-refractivity contribution is 5.82. The van der Waals surface area contributed by atoms with Gasteiger partial charge in [-0.15, -0.1) is 0 Å². The van der Waals surface area contributed by atoms with Gasteiger partial charge in [-0.2, -0.15) is 5.26 Å². The van der Waals surface area contributed by atoms with E-state index in [1.54, 1.807) is 20.3 Å². The summed E-state index contributed by atoms with van der Waals surface area (Å²) in [6, 6.07) is 20.1. The highest BCUT2D eigenvalue weighted by Crippen LogP contribution is 2.27. The molecule has 0 aliphatic carbocycles. The van der Waals surface area contributed by atoms with Crippen molar-refractivity contribution < 1.29 is 9.47 Å². The average Bonchev–Trinajstić information content (AvgIpc) is 2.59. The number of nitriles is 1. The highest BCUT2D eigenvalue weighted by atomic mass is 16.7. The van der Waals surface area contributed by atoms with E-state index in [0.29, 0.717) is 6.42 Å². The molecule has 0 saturated carbocycles. The molecule has 0 radical (unpaired) electrons. The van der Waals surface area contributed by atoms with E-state index >= 15 is 0 Å². The summed E-state index contributed by atoms with van der Waals surface area (Å²) < 4.78 is 10.6. The molecule has 0 fully saturated rings. The number of allylic oxidation sites excluding steroid dienone is 1. The lowest BCUT2D eigenvalue weighted by Crippen LogP contribution is -2.17. The Morgan fingerprint density at radius 3 is 2.32 bits per heavy atom. The molecule has 0 aliphatic heterocycles. The first-order chi connectivity index (χ1) is 10.8. The van der Waals surface area contributed by atoms with E-state index in [0.717, 1.165) is 22.3 Å². The highest BCUT2D eigenvalue weighted by Gasteiger charge is 2.13. The molecule has 0 amide bonds. The van der Waals surface area contributed by atoms with E-state index in [1.165, 1.54) is 0 Å². The van der Waals surface area contributed by atoms with Crippen LogP contribution in [0.3, 0.4) is 0 Å². The van der Waals surface area contributed by atoms with Crippen molar-refractivity contribution in [3.63, 3.8) is 0 Å². The Hall–Kier alpha value is -2.41. The molecule has 0 N–H and O–H groups in total. The van der Waals surface area contributed by atoms with Crippen LogP contribution in [0.25, 0.3) is 5.57 Å². The Morgan fingerprint density at radius 2 is 1.68 bits per heavy atom. The summed E-state index contributed by atoms with van der Waals surface area (Å²) in [5.41, 5.74) is 4.03. The zero-order chi connectivity index (χ0) is 15.8. The Bertz CT molecular complexity index is 667. The van der Waals surface area contributed by atoms with Gasteiger partial charge < -0.3 is 9.47 Å². The van der Waals surface area contributed by atoms with Crippen LogP contribution in [-0.4, -0.2) is 20.5 Å². The number of hydrogen-bond acceptors (Lipinski definition) is 3. The van der Waals surface area contributed by atoms with Crippen molar-refractivity contribution in [2.24, 2.45) is 0 Å². The lowest BCUT2D eigenvalue weighted by Gasteiger charge is -2.17. The number of hydrogen-bond donors (Lipinski definition) is 0. The second-order valence-electron chi connectivity index (χ2n) is 4.82. The van der Waals surface area contributed by atoms with Gasteiger partial charge in [-0.3, -0.25) is 0 Å². The predicted molar refractivity (Wildman–Crippen MR) is 87.1 cm³/mol. The minimum absolute atomic E-state index is 0.305. The lowest BCUT2D eigenvalue weighted by atomic mass is 9.92. The van der Waals surface area contributed by atoms with Crippen molar-refractivity contribution in [2.45, 2.75) is 12.7 Å². The van der Waals surface area contributed by atoms with Crippen LogP contribution in [0.4, 0.5) is 0 Å². The van der Waals surface area contributed by atoms with Crippen molar-refractivity contribution in [2.75, 3.05) is 14.2 Å². The summed E-state index contributed by atoms with van der Waals surface area (Å²) in [7, 11) is 3.25. The third-order valence-electron chi connectivity index (χ3n) is 3.51. The third-order valence-corrected chi connectivity index (χ3v) is 3.51. The molecule has 0 bridgehead atoms. The Balaban J connectivity index is 2.46. The molecule has 22 heavy (non-hydrogen) atoms. The van der Waals surface area contributed by atoms with Crippen LogP contribution in [-0.2, 0) is 15.9 Å². The molecule has 0 atom stereocenters. The minimum Gasteiger partial charge on any atom is -0.356 e. The Morgan fingerprint density at radius 1 is 1.05 bits per heavy atom. The zero-order valence-electron chi connectivity index (χ0n) is 12.8. The van der Waals surface area contributed by atoms with Gasteiger partial charge in [-0.1, -0.05) is 54.6 Å². The standard InChI is InChI=1S/C19H19NO2/c1-21-19(22-2)14-16-10-6-7-11-17(16)18(12-13-20)15-8-4-3-5-9-15/h3-12,19H,14H2,1-2H3/b18-12-. The van der Waals surface area contributed by atoms with E-state index < -0.39 is 0 Å². The van der Waals surface area contributed by atoms with Crippen LogP contribution in [0.5, 0.6) is 0 Å². The van der Waals surface area contributed by atoms with Crippen molar-refractivity contribution in [1.82, 2.24) is 0 Å². The monoisotopic (exact) mass is 293 g/mol. The molecule has 112 valence electrons. The molecule has 3 nitrogen and oxygen atoms in total. The molecule has 0 unspecified atom stereocenters. The molecular formula is C19H19NO2. The van der Waals surface area contributed by atoms with Gasteiger partial charge >= 0.3 is 0 Å². The van der Waals surface area contributed by atoms with Crippen LogP contribution in [0.15, 0.2) is 60.7 Å². The maximum Gasteiger partial charge on any atom is 0.160 e. The van der Waals surface area contributed by atoms with Crippen molar-refractivity contribution in [1.29, 1.82) is 5.26 Å². The van der Waals surface area contributed by atoms with Gasteiger partial charge in [0.25, 0.3) is 0 Å². The second kappa shape index (κ2) is 8.14. The fraction of sp³-hybridized carbons (Fsp3) is 0.211. The number of ether oxygens (including phenoxy) is 2. The molecule has 0 spiro atoms. The number of rotatable bonds is 6. The van der Waals surface area contributed by atoms with Crippen LogP contribution in [0, 0.1) is 11.3 Å². The van der Waals surface area contributed by atoms with Crippen LogP contribution in [0.1, 0.15) is 16.7 Å². The first kappa shape index (κ1) is 16.0. The topological polar surface area (TPSA) is 42.2 Å². The Kier molecular flexibility index (Phi) is 5.91. The van der Waals surface area contributed by atoms with Gasteiger partial charge in [0.15, 0.2) is 6.29 Å². The minimum atomic E-state index is -0.305. The van der Waals surface area contributed by atoms with E-state index in [-0.39, 0.29) is 6.29 Å². The van der Waals surface area contributed by atoms with Gasteiger partial charge in [0, 0.05) is 26.7 Å². The van der Waals surface area contributed by atoms with Gasteiger partial charge in [0.1, 0.15) is 0 Å². The van der Waals surface area contributed by atoms with Crippen molar-refractivity contribution >= 4 is 5.57 Å². The van der Waals surface area contributed by atoms with E-state index in [2.05, 4.69) is 6.07 Å². The van der Waals surface area contributed by atoms with Crippen molar-refractivity contribution in [3.8, 4) is 6.07 Å². The molecular weight excluding hydrogens is 274 g/mol. The molecule has 0 saturated heterocycles. The molecule has 0 heterocycles. The molecule has 2 aromatic rings. The fourth-order valence-corrected chi connectivity index (χ4v) is 2.40. The molecule has 2 aromatic carbocycles. The average molecular weight is 293 g/mol. The van der Waals surface area contributed by atoms with Crippen LogP contribution >= 0.6 is 0 Å². The SMILES string of the molecule is COC(Cc1ccccc1/C(=C\C#N)c1ccccc1)OC. The number of methoxy groups -OCH3 is 2. The quantitative estimate of drug-likeness (QED) is 0.601. The number of benzene rings is 2. The molecule has 2 rings (SSSR count). The molecule has 0 aromatic heterocycles. The fourth-order valence-electron chi connectivity index (χ4n) is 2.40. The zero-order valence-corrected chi connectivity index (χ0v) is 12.8. The third kappa shape index (κ3) is 3.82. The second-order valence-corrected chi connectivity index (χ2v) is 4.82. The van der Waals surface area contributed by atoms with Crippen molar-refractivity contribution in [3.05, 3.63) is 77.4 Å². The molecule has 0 aliphatic rings. The maximum absolute atomic E-state index is 9.15. The number of nitrogens with zero attached hydrogens (tertiary/aromatic N) is 1. The van der Waals surface area contributed by atoms with Crippen LogP contribution in [0.2, 0.25) is 0 Å². The summed E-state index contributed by atoms with van der Waals surface area (Å²) in [4.78, 5) is 0. The lowest BCUT2D eigenvalue weighted by molar-refractivity contribution is -0.100. The normalized spacial score (nSPS) is 11.5.